The Morgan fingerprint density at radius 2 is 1.88 bits per heavy atom. The van der Waals surface area contributed by atoms with E-state index in [1.165, 1.54) is 25.6 Å². The summed E-state index contributed by atoms with van der Waals surface area (Å²) in [6, 6.07) is 6.48. The average Bonchev–Trinajstić information content (AvgIpc) is 2.61. The van der Waals surface area contributed by atoms with Crippen molar-refractivity contribution in [3.05, 3.63) is 52.8 Å². The fourth-order valence-electron chi connectivity index (χ4n) is 2.04. The minimum atomic E-state index is -0.382. The lowest BCUT2D eigenvalue weighted by atomic mass is 10.1. The predicted octanol–water partition coefficient (Wildman–Crippen LogP) is 3.52. The molecule has 2 amide bonds. The molecule has 0 saturated carbocycles. The Morgan fingerprint density at radius 3 is 2.48 bits per heavy atom. The zero-order valence-corrected chi connectivity index (χ0v) is 15.1. The molecule has 1 atom stereocenters. The summed E-state index contributed by atoms with van der Waals surface area (Å²) in [6.07, 6.45) is 3.65. The molecule has 6 nitrogen and oxygen atoms in total. The molecule has 0 aliphatic carbocycles. The van der Waals surface area contributed by atoms with E-state index in [9.17, 15) is 9.59 Å². The van der Waals surface area contributed by atoms with Gasteiger partial charge < -0.3 is 15.4 Å². The van der Waals surface area contributed by atoms with E-state index in [1.54, 1.807) is 18.2 Å². The van der Waals surface area contributed by atoms with E-state index >= 15 is 0 Å². The third-order valence-electron chi connectivity index (χ3n) is 3.66. The van der Waals surface area contributed by atoms with Crippen LogP contribution in [0.5, 0.6) is 5.75 Å². The number of carbonyl (C=O) groups is 2. The normalized spacial score (nSPS) is 11.5. The van der Waals surface area contributed by atoms with Gasteiger partial charge in [0.15, 0.2) is 0 Å². The number of hydrogen-bond acceptors (Lipinski definition) is 4. The number of carbonyl (C=O) groups excluding carboxylic acids is 2. The van der Waals surface area contributed by atoms with E-state index < -0.39 is 0 Å². The molecule has 0 radical (unpaired) electrons. The summed E-state index contributed by atoms with van der Waals surface area (Å²) < 4.78 is 5.07. The van der Waals surface area contributed by atoms with Crippen LogP contribution < -0.4 is 15.4 Å². The maximum atomic E-state index is 12.4. The second kappa shape index (κ2) is 8.48. The van der Waals surface area contributed by atoms with Crippen molar-refractivity contribution in [2.24, 2.45) is 0 Å². The fraction of sp³-hybridized carbons (Fsp3) is 0.278. The van der Waals surface area contributed by atoms with E-state index in [1.807, 2.05) is 13.8 Å². The van der Waals surface area contributed by atoms with Gasteiger partial charge >= 0.3 is 0 Å². The zero-order valence-electron chi connectivity index (χ0n) is 14.3. The van der Waals surface area contributed by atoms with Crippen molar-refractivity contribution in [3.63, 3.8) is 0 Å². The van der Waals surface area contributed by atoms with Crippen LogP contribution in [0.1, 0.15) is 41.0 Å². The molecule has 0 spiro atoms. The number of hydrogen-bond donors (Lipinski definition) is 2. The number of nitrogens with one attached hydrogen (secondary N) is 2. The van der Waals surface area contributed by atoms with Crippen LogP contribution in [0.4, 0.5) is 5.69 Å². The summed E-state index contributed by atoms with van der Waals surface area (Å²) in [6.45, 7) is 3.89. The van der Waals surface area contributed by atoms with Gasteiger partial charge in [-0.15, -0.1) is 0 Å². The first kappa shape index (κ1) is 18.7. The quantitative estimate of drug-likeness (QED) is 0.824. The second-order valence-corrected chi connectivity index (χ2v) is 5.96. The van der Waals surface area contributed by atoms with Crippen molar-refractivity contribution < 1.29 is 14.3 Å². The Hall–Kier alpha value is -2.60. The van der Waals surface area contributed by atoms with Crippen LogP contribution in [0, 0.1) is 0 Å². The molecule has 0 fully saturated rings. The molecule has 0 saturated heterocycles. The number of rotatable bonds is 6. The summed E-state index contributed by atoms with van der Waals surface area (Å²) >= 11 is 6.05. The highest BCUT2D eigenvalue weighted by atomic mass is 35.5. The number of methoxy groups -OCH3 is 1. The summed E-state index contributed by atoms with van der Waals surface area (Å²) in [5.41, 5.74) is 1.13. The van der Waals surface area contributed by atoms with Gasteiger partial charge in [-0.1, -0.05) is 18.5 Å². The van der Waals surface area contributed by atoms with Crippen LogP contribution in [0.15, 0.2) is 36.7 Å². The van der Waals surface area contributed by atoms with Crippen LogP contribution in [0.3, 0.4) is 0 Å². The number of benzene rings is 1. The summed E-state index contributed by atoms with van der Waals surface area (Å²) in [7, 11) is 1.51. The lowest BCUT2D eigenvalue weighted by molar-refractivity contribution is 0.0939. The number of anilines is 1. The van der Waals surface area contributed by atoms with E-state index in [4.69, 9.17) is 16.3 Å². The highest BCUT2D eigenvalue weighted by Gasteiger charge is 2.13. The van der Waals surface area contributed by atoms with Gasteiger partial charge in [0.25, 0.3) is 11.8 Å². The van der Waals surface area contributed by atoms with Crippen molar-refractivity contribution in [1.82, 2.24) is 10.3 Å². The van der Waals surface area contributed by atoms with Gasteiger partial charge in [-0.2, -0.15) is 0 Å². The molecule has 2 rings (SSSR count). The summed E-state index contributed by atoms with van der Waals surface area (Å²) in [5.74, 6) is -0.124. The van der Waals surface area contributed by atoms with E-state index in [2.05, 4.69) is 15.6 Å². The molecule has 25 heavy (non-hydrogen) atoms. The Bertz CT molecular complexity index is 780. The number of halogens is 1. The van der Waals surface area contributed by atoms with Crippen LogP contribution in [0.25, 0.3) is 0 Å². The van der Waals surface area contributed by atoms with E-state index in [-0.39, 0.29) is 23.4 Å². The molecule has 1 heterocycles. The average molecular weight is 362 g/mol. The molecule has 0 aliphatic heterocycles. The molecule has 7 heteroatoms. The molecule has 1 aromatic heterocycles. The van der Waals surface area contributed by atoms with Crippen molar-refractivity contribution in [2.75, 3.05) is 12.4 Å². The largest absolute Gasteiger partial charge is 0.495 e. The van der Waals surface area contributed by atoms with Gasteiger partial charge in [-0.25, -0.2) is 0 Å². The monoisotopic (exact) mass is 361 g/mol. The fourth-order valence-corrected chi connectivity index (χ4v) is 2.30. The first-order valence-corrected chi connectivity index (χ1v) is 8.23. The highest BCUT2D eigenvalue weighted by molar-refractivity contribution is 6.32. The van der Waals surface area contributed by atoms with Gasteiger partial charge in [-0.3, -0.25) is 14.6 Å². The third kappa shape index (κ3) is 4.93. The molecule has 2 N–H and O–H groups in total. The molecule has 0 bridgehead atoms. The molecule has 0 aliphatic rings. The highest BCUT2D eigenvalue weighted by Crippen LogP contribution is 2.27. The van der Waals surface area contributed by atoms with Crippen molar-refractivity contribution >= 4 is 29.1 Å². The van der Waals surface area contributed by atoms with Gasteiger partial charge in [0.2, 0.25) is 0 Å². The molecule has 1 aromatic carbocycles. The van der Waals surface area contributed by atoms with Crippen molar-refractivity contribution in [2.45, 2.75) is 26.3 Å². The molecule has 2 aromatic rings. The summed E-state index contributed by atoms with van der Waals surface area (Å²) in [5, 5.41) is 5.95. The molecule has 132 valence electrons. The second-order valence-electron chi connectivity index (χ2n) is 5.55. The Balaban J connectivity index is 2.13. The number of pyridine rings is 1. The van der Waals surface area contributed by atoms with Crippen LogP contribution in [-0.4, -0.2) is 29.9 Å². The first-order chi connectivity index (χ1) is 11.9. The zero-order chi connectivity index (χ0) is 18.4. The number of amides is 2. The lowest BCUT2D eigenvalue weighted by Crippen LogP contribution is -2.32. The lowest BCUT2D eigenvalue weighted by Gasteiger charge is -2.12. The SMILES string of the molecule is CCC(C)NC(=O)c1cncc(C(=O)Nc2ccc(OC)c(Cl)c2)c1. The van der Waals surface area contributed by atoms with Gasteiger partial charge in [0, 0.05) is 24.1 Å². The maximum absolute atomic E-state index is 12.4. The number of ether oxygens (including phenoxy) is 1. The van der Waals surface area contributed by atoms with E-state index in [0.29, 0.717) is 22.0 Å². The minimum Gasteiger partial charge on any atom is -0.495 e. The first-order valence-electron chi connectivity index (χ1n) is 7.85. The number of nitrogens with zero attached hydrogens (tertiary/aromatic N) is 1. The molecular formula is C18H20ClN3O3. The molecule has 1 unspecified atom stereocenters. The smallest absolute Gasteiger partial charge is 0.257 e. The Kier molecular flexibility index (Phi) is 6.36. The minimum absolute atomic E-state index is 0.0476. The van der Waals surface area contributed by atoms with Gasteiger partial charge in [0.1, 0.15) is 5.75 Å². The maximum Gasteiger partial charge on any atom is 0.257 e. The Labute approximate surface area is 151 Å². The molecular weight excluding hydrogens is 342 g/mol. The van der Waals surface area contributed by atoms with Crippen LogP contribution in [-0.2, 0) is 0 Å². The van der Waals surface area contributed by atoms with E-state index in [0.717, 1.165) is 6.42 Å². The standard InChI is InChI=1S/C18H20ClN3O3/c1-4-11(2)21-17(23)12-7-13(10-20-9-12)18(24)22-14-5-6-16(25-3)15(19)8-14/h5-11H,4H2,1-3H3,(H,21,23)(H,22,24). The van der Waals surface area contributed by atoms with Crippen LogP contribution >= 0.6 is 11.6 Å². The number of aromatic nitrogens is 1. The van der Waals surface area contributed by atoms with Crippen molar-refractivity contribution in [3.8, 4) is 5.75 Å². The van der Waals surface area contributed by atoms with Gasteiger partial charge in [0.05, 0.1) is 23.3 Å². The van der Waals surface area contributed by atoms with Crippen LogP contribution in [0.2, 0.25) is 5.02 Å². The summed E-state index contributed by atoms with van der Waals surface area (Å²) in [4.78, 5) is 28.5. The third-order valence-corrected chi connectivity index (χ3v) is 3.96. The van der Waals surface area contributed by atoms with Crippen molar-refractivity contribution in [1.29, 1.82) is 0 Å². The van der Waals surface area contributed by atoms with Gasteiger partial charge in [-0.05, 0) is 37.6 Å². The topological polar surface area (TPSA) is 80.3 Å². The predicted molar refractivity (Wildman–Crippen MR) is 97.4 cm³/mol. The Morgan fingerprint density at radius 1 is 1.20 bits per heavy atom.